The summed E-state index contributed by atoms with van der Waals surface area (Å²) in [6, 6.07) is 8.67. The van der Waals surface area contributed by atoms with Crippen LogP contribution in [0.25, 0.3) is 0 Å². The minimum absolute atomic E-state index is 0.0181. The Bertz CT molecular complexity index is 753. The molecule has 1 aromatic heterocycles. The molecule has 0 aliphatic heterocycles. The predicted molar refractivity (Wildman–Crippen MR) is 93.3 cm³/mol. The Morgan fingerprint density at radius 2 is 1.83 bits per heavy atom. The van der Waals surface area contributed by atoms with Crippen molar-refractivity contribution in [3.05, 3.63) is 51.8 Å². The van der Waals surface area contributed by atoms with Crippen molar-refractivity contribution in [3.63, 3.8) is 0 Å². The van der Waals surface area contributed by atoms with Crippen molar-refractivity contribution in [2.75, 3.05) is 0 Å². The standard InChI is InChI=1S/C19H23ClN2O/c1-11-17(20)12(2)22(21-11)18(23)16-10-15(16)13-6-8-14(9-7-13)19(3,4)5/h6-9,15-16H,10H2,1-5H3/t15-,16-/m1/s1. The number of hydrogen-bond acceptors (Lipinski definition) is 2. The van der Waals surface area contributed by atoms with Crippen molar-refractivity contribution in [1.82, 2.24) is 9.78 Å². The molecule has 3 rings (SSSR count). The average molecular weight is 331 g/mol. The van der Waals surface area contributed by atoms with Gasteiger partial charge >= 0.3 is 0 Å². The molecule has 23 heavy (non-hydrogen) atoms. The van der Waals surface area contributed by atoms with Gasteiger partial charge in [0.25, 0.3) is 5.91 Å². The van der Waals surface area contributed by atoms with Gasteiger partial charge in [-0.2, -0.15) is 5.10 Å². The molecule has 0 unspecified atom stereocenters. The van der Waals surface area contributed by atoms with E-state index in [1.165, 1.54) is 15.8 Å². The zero-order valence-corrected chi connectivity index (χ0v) is 15.1. The molecular formula is C19H23ClN2O. The Labute approximate surface area is 142 Å². The van der Waals surface area contributed by atoms with E-state index >= 15 is 0 Å². The van der Waals surface area contributed by atoms with Crippen LogP contribution in [0.1, 0.15) is 60.4 Å². The summed E-state index contributed by atoms with van der Waals surface area (Å²) in [6.45, 7) is 10.3. The first-order chi connectivity index (χ1) is 10.7. The lowest BCUT2D eigenvalue weighted by Gasteiger charge is -2.19. The third-order valence-electron chi connectivity index (χ3n) is 4.72. The first-order valence-corrected chi connectivity index (χ1v) is 8.44. The number of hydrogen-bond donors (Lipinski definition) is 0. The summed E-state index contributed by atoms with van der Waals surface area (Å²) in [5.74, 6) is 0.381. The van der Waals surface area contributed by atoms with Crippen LogP contribution in [0.5, 0.6) is 0 Å². The number of carbonyl (C=O) groups excluding carboxylic acids is 1. The van der Waals surface area contributed by atoms with Gasteiger partial charge in [0, 0.05) is 5.92 Å². The van der Waals surface area contributed by atoms with Crippen LogP contribution < -0.4 is 0 Å². The van der Waals surface area contributed by atoms with E-state index in [4.69, 9.17) is 11.6 Å². The molecule has 2 aromatic rings. The van der Waals surface area contributed by atoms with Crippen LogP contribution in [0.2, 0.25) is 5.02 Å². The summed E-state index contributed by atoms with van der Waals surface area (Å²) in [5, 5.41) is 4.87. The Kier molecular flexibility index (Phi) is 3.88. The lowest BCUT2D eigenvalue weighted by molar-refractivity contribution is 0.0864. The van der Waals surface area contributed by atoms with E-state index in [1.54, 1.807) is 0 Å². The number of carbonyl (C=O) groups is 1. The molecule has 1 aliphatic rings. The van der Waals surface area contributed by atoms with Crippen LogP contribution >= 0.6 is 11.6 Å². The van der Waals surface area contributed by atoms with Gasteiger partial charge in [-0.1, -0.05) is 56.6 Å². The second-order valence-electron chi connectivity index (χ2n) is 7.56. The van der Waals surface area contributed by atoms with Gasteiger partial charge in [0.1, 0.15) is 0 Å². The van der Waals surface area contributed by atoms with Crippen molar-refractivity contribution in [2.45, 2.75) is 52.4 Å². The summed E-state index contributed by atoms with van der Waals surface area (Å²) in [5.41, 5.74) is 4.16. The summed E-state index contributed by atoms with van der Waals surface area (Å²) in [7, 11) is 0. The third-order valence-corrected chi connectivity index (χ3v) is 5.27. The van der Waals surface area contributed by atoms with Gasteiger partial charge < -0.3 is 0 Å². The first-order valence-electron chi connectivity index (χ1n) is 8.06. The molecule has 0 amide bonds. The molecule has 122 valence electrons. The Morgan fingerprint density at radius 1 is 1.22 bits per heavy atom. The molecule has 0 bridgehead atoms. The molecule has 1 aliphatic carbocycles. The molecule has 2 atom stereocenters. The van der Waals surface area contributed by atoms with Crippen LogP contribution in [0.3, 0.4) is 0 Å². The normalized spacial score (nSPS) is 20.6. The maximum absolute atomic E-state index is 12.6. The van der Waals surface area contributed by atoms with Gasteiger partial charge in [-0.3, -0.25) is 4.79 Å². The zero-order valence-electron chi connectivity index (χ0n) is 14.4. The highest BCUT2D eigenvalue weighted by Gasteiger charge is 2.45. The number of aryl methyl sites for hydroxylation is 1. The number of benzene rings is 1. The molecule has 0 N–H and O–H groups in total. The minimum atomic E-state index is 0.0181. The summed E-state index contributed by atoms with van der Waals surface area (Å²) >= 11 is 6.15. The van der Waals surface area contributed by atoms with Crippen LogP contribution in [0.15, 0.2) is 24.3 Å². The zero-order chi connectivity index (χ0) is 16.9. The van der Waals surface area contributed by atoms with E-state index in [2.05, 4.69) is 50.1 Å². The monoisotopic (exact) mass is 330 g/mol. The van der Waals surface area contributed by atoms with Gasteiger partial charge in [0.2, 0.25) is 0 Å². The topological polar surface area (TPSA) is 34.9 Å². The van der Waals surface area contributed by atoms with E-state index in [-0.39, 0.29) is 17.2 Å². The number of nitrogens with zero attached hydrogens (tertiary/aromatic N) is 2. The molecule has 0 spiro atoms. The van der Waals surface area contributed by atoms with Gasteiger partial charge in [0.15, 0.2) is 0 Å². The Morgan fingerprint density at radius 3 is 2.30 bits per heavy atom. The molecule has 0 radical (unpaired) electrons. The highest BCUT2D eigenvalue weighted by Crippen LogP contribution is 2.48. The number of aromatic nitrogens is 2. The van der Waals surface area contributed by atoms with Gasteiger partial charge in [-0.15, -0.1) is 0 Å². The molecule has 0 saturated heterocycles. The molecule has 4 heteroatoms. The molecule has 3 nitrogen and oxygen atoms in total. The van der Waals surface area contributed by atoms with Crippen LogP contribution in [-0.2, 0) is 5.41 Å². The van der Waals surface area contributed by atoms with Crippen molar-refractivity contribution in [1.29, 1.82) is 0 Å². The third kappa shape index (κ3) is 2.94. The van der Waals surface area contributed by atoms with Gasteiger partial charge in [-0.25, -0.2) is 4.68 Å². The fraction of sp³-hybridized carbons (Fsp3) is 0.474. The summed E-state index contributed by atoms with van der Waals surface area (Å²) < 4.78 is 1.48. The lowest BCUT2D eigenvalue weighted by Crippen LogP contribution is -2.17. The molecule has 1 saturated carbocycles. The maximum atomic E-state index is 12.6. The predicted octanol–water partition coefficient (Wildman–Crippen LogP) is 4.89. The highest BCUT2D eigenvalue weighted by molar-refractivity contribution is 6.32. The van der Waals surface area contributed by atoms with Crippen molar-refractivity contribution < 1.29 is 4.79 Å². The van der Waals surface area contributed by atoms with Crippen molar-refractivity contribution in [2.24, 2.45) is 5.92 Å². The van der Waals surface area contributed by atoms with Gasteiger partial charge in [-0.05, 0) is 42.7 Å². The number of halogens is 1. The summed E-state index contributed by atoms with van der Waals surface area (Å²) in [6.07, 6.45) is 0.893. The van der Waals surface area contributed by atoms with E-state index in [0.29, 0.717) is 16.6 Å². The minimum Gasteiger partial charge on any atom is -0.272 e. The Balaban J connectivity index is 1.76. The smallest absolute Gasteiger partial charge is 0.250 e. The molecular weight excluding hydrogens is 308 g/mol. The fourth-order valence-electron chi connectivity index (χ4n) is 3.06. The number of rotatable bonds is 2. The van der Waals surface area contributed by atoms with Crippen molar-refractivity contribution >= 4 is 17.5 Å². The first kappa shape index (κ1) is 16.3. The quantitative estimate of drug-likeness (QED) is 0.785. The van der Waals surface area contributed by atoms with Crippen LogP contribution in [-0.4, -0.2) is 15.7 Å². The van der Waals surface area contributed by atoms with Crippen molar-refractivity contribution in [3.8, 4) is 0 Å². The van der Waals surface area contributed by atoms with Crippen LogP contribution in [0, 0.1) is 19.8 Å². The highest BCUT2D eigenvalue weighted by atomic mass is 35.5. The average Bonchev–Trinajstić information content (AvgIpc) is 3.25. The van der Waals surface area contributed by atoms with E-state index in [0.717, 1.165) is 12.1 Å². The van der Waals surface area contributed by atoms with Crippen LogP contribution in [0.4, 0.5) is 0 Å². The molecule has 1 heterocycles. The lowest BCUT2D eigenvalue weighted by atomic mass is 9.86. The van der Waals surface area contributed by atoms with E-state index in [9.17, 15) is 4.79 Å². The largest absolute Gasteiger partial charge is 0.272 e. The second kappa shape index (κ2) is 5.48. The van der Waals surface area contributed by atoms with Gasteiger partial charge in [0.05, 0.1) is 16.4 Å². The SMILES string of the molecule is Cc1nn(C(=O)[C@@H]2C[C@@H]2c2ccc(C(C)(C)C)cc2)c(C)c1Cl. The Hall–Kier alpha value is -1.61. The summed E-state index contributed by atoms with van der Waals surface area (Å²) in [4.78, 5) is 12.6. The fourth-order valence-corrected chi connectivity index (χ4v) is 3.18. The molecule has 1 aromatic carbocycles. The second-order valence-corrected chi connectivity index (χ2v) is 7.93. The molecule has 1 fully saturated rings. The maximum Gasteiger partial charge on any atom is 0.250 e. The van der Waals surface area contributed by atoms with E-state index in [1.807, 2.05) is 13.8 Å². The van der Waals surface area contributed by atoms with E-state index < -0.39 is 0 Å².